The van der Waals surface area contributed by atoms with E-state index in [0.717, 1.165) is 38.3 Å². The largest absolute Gasteiger partial charge is 0.507 e. The van der Waals surface area contributed by atoms with Crippen LogP contribution in [0, 0.1) is 0 Å². The van der Waals surface area contributed by atoms with Crippen LogP contribution in [-0.4, -0.2) is 50.4 Å². The van der Waals surface area contributed by atoms with Gasteiger partial charge in [0.15, 0.2) is 23.0 Å². The number of carbonyl (C=O) groups excluding carboxylic acids is 1. The van der Waals surface area contributed by atoms with Crippen LogP contribution in [0.25, 0.3) is 6.08 Å². The van der Waals surface area contributed by atoms with E-state index in [0.29, 0.717) is 34.9 Å². The number of phenols is 1. The van der Waals surface area contributed by atoms with E-state index < -0.39 is 0 Å². The molecule has 7 heteroatoms. The molecule has 0 radical (unpaired) electrons. The third kappa shape index (κ3) is 3.40. The SMILES string of the molecule is CC[NH+]1CC[NH+](Cc2c(O)ccc3c2O/C(=C\c2ccc4c(c2)OCO4)C3=O)CC1. The summed E-state index contributed by atoms with van der Waals surface area (Å²) in [6.45, 7) is 8.54. The maximum absolute atomic E-state index is 12.9. The highest BCUT2D eigenvalue weighted by Crippen LogP contribution is 2.40. The number of nitrogens with one attached hydrogen (secondary N) is 2. The highest BCUT2D eigenvalue weighted by molar-refractivity contribution is 6.15. The summed E-state index contributed by atoms with van der Waals surface area (Å²) in [5, 5.41) is 10.5. The standard InChI is InChI=1S/C23H24N2O5/c1-2-24-7-9-25(10-8-24)13-17-18(26)5-4-16-22(27)21(30-23(16)17)12-15-3-6-19-20(11-15)29-14-28-19/h3-6,11-12,26H,2,7-10,13-14H2,1H3/p+2/b21-12-. The number of aromatic hydroxyl groups is 1. The van der Waals surface area contributed by atoms with E-state index in [1.165, 1.54) is 4.90 Å². The number of carbonyl (C=O) groups is 1. The van der Waals surface area contributed by atoms with Crippen molar-refractivity contribution in [2.45, 2.75) is 13.5 Å². The van der Waals surface area contributed by atoms with Gasteiger partial charge in [-0.05, 0) is 42.8 Å². The van der Waals surface area contributed by atoms with Crippen molar-refractivity contribution in [1.29, 1.82) is 0 Å². The molecule has 0 aromatic heterocycles. The van der Waals surface area contributed by atoms with Crippen LogP contribution in [0.15, 0.2) is 36.1 Å². The zero-order valence-electron chi connectivity index (χ0n) is 17.0. The Hall–Kier alpha value is -3.03. The molecule has 3 aliphatic rings. The summed E-state index contributed by atoms with van der Waals surface area (Å²) in [6.07, 6.45) is 1.71. The first-order valence-corrected chi connectivity index (χ1v) is 10.5. The van der Waals surface area contributed by atoms with E-state index in [9.17, 15) is 9.90 Å². The molecule has 3 aliphatic heterocycles. The van der Waals surface area contributed by atoms with Crippen LogP contribution < -0.4 is 24.0 Å². The van der Waals surface area contributed by atoms with Gasteiger partial charge in [0.25, 0.3) is 0 Å². The third-order valence-corrected chi connectivity index (χ3v) is 6.20. The number of piperazine rings is 1. The molecule has 7 nitrogen and oxygen atoms in total. The van der Waals surface area contributed by atoms with Crippen molar-refractivity contribution in [3.63, 3.8) is 0 Å². The molecule has 0 atom stereocenters. The van der Waals surface area contributed by atoms with Crippen molar-refractivity contribution in [2.24, 2.45) is 0 Å². The first-order valence-electron chi connectivity index (χ1n) is 10.5. The third-order valence-electron chi connectivity index (χ3n) is 6.20. The molecule has 0 bridgehead atoms. The average molecular weight is 410 g/mol. The molecular weight excluding hydrogens is 384 g/mol. The second-order valence-electron chi connectivity index (χ2n) is 8.02. The first-order chi connectivity index (χ1) is 14.6. The lowest BCUT2D eigenvalue weighted by Crippen LogP contribution is -3.27. The number of ether oxygens (including phenoxy) is 3. The second kappa shape index (κ2) is 7.66. The number of hydrogen-bond donors (Lipinski definition) is 3. The van der Waals surface area contributed by atoms with Gasteiger partial charge in [-0.3, -0.25) is 4.79 Å². The fourth-order valence-electron chi connectivity index (χ4n) is 4.36. The summed E-state index contributed by atoms with van der Waals surface area (Å²) in [5.41, 5.74) is 2.02. The van der Waals surface area contributed by atoms with E-state index in [4.69, 9.17) is 14.2 Å². The molecule has 156 valence electrons. The van der Waals surface area contributed by atoms with Crippen LogP contribution in [0.5, 0.6) is 23.0 Å². The lowest BCUT2D eigenvalue weighted by Gasteiger charge is -2.29. The minimum atomic E-state index is -0.167. The van der Waals surface area contributed by atoms with Crippen LogP contribution in [0.1, 0.15) is 28.4 Å². The topological polar surface area (TPSA) is 73.9 Å². The summed E-state index contributed by atoms with van der Waals surface area (Å²) < 4.78 is 16.7. The normalized spacial score (nSPS) is 23.5. The lowest BCUT2D eigenvalue weighted by molar-refractivity contribution is -1.02. The second-order valence-corrected chi connectivity index (χ2v) is 8.02. The average Bonchev–Trinajstić information content (AvgIpc) is 3.35. The Kier molecular flexibility index (Phi) is 4.84. The van der Waals surface area contributed by atoms with E-state index in [1.807, 2.05) is 18.2 Å². The van der Waals surface area contributed by atoms with E-state index >= 15 is 0 Å². The molecule has 0 saturated carbocycles. The van der Waals surface area contributed by atoms with Crippen molar-refractivity contribution in [1.82, 2.24) is 0 Å². The molecule has 3 N–H and O–H groups in total. The highest BCUT2D eigenvalue weighted by Gasteiger charge is 2.33. The Morgan fingerprint density at radius 1 is 1.03 bits per heavy atom. The van der Waals surface area contributed by atoms with Gasteiger partial charge in [0, 0.05) is 0 Å². The van der Waals surface area contributed by atoms with E-state index in [2.05, 4.69) is 6.92 Å². The van der Waals surface area contributed by atoms with Crippen LogP contribution in [0.4, 0.5) is 0 Å². The summed E-state index contributed by atoms with van der Waals surface area (Å²) in [6, 6.07) is 8.75. The molecule has 1 saturated heterocycles. The van der Waals surface area contributed by atoms with Crippen molar-refractivity contribution in [3.05, 3.63) is 52.8 Å². The van der Waals surface area contributed by atoms with Gasteiger partial charge in [0.1, 0.15) is 38.5 Å². The number of phenolic OH excluding ortho intramolecular Hbond substituents is 1. The molecule has 0 amide bonds. The molecule has 0 aliphatic carbocycles. The zero-order valence-corrected chi connectivity index (χ0v) is 17.0. The predicted molar refractivity (Wildman–Crippen MR) is 109 cm³/mol. The number of ketones is 1. The van der Waals surface area contributed by atoms with Gasteiger partial charge in [-0.25, -0.2) is 0 Å². The minimum absolute atomic E-state index is 0.167. The number of benzene rings is 2. The molecule has 0 spiro atoms. The predicted octanol–water partition coefficient (Wildman–Crippen LogP) is 0.0404. The van der Waals surface area contributed by atoms with Crippen LogP contribution in [-0.2, 0) is 6.54 Å². The molecular formula is C23H26N2O5+2. The fraction of sp³-hybridized carbons (Fsp3) is 0.348. The molecule has 0 unspecified atom stereocenters. The Morgan fingerprint density at radius 3 is 2.60 bits per heavy atom. The number of fused-ring (bicyclic) bond motifs is 2. The number of likely N-dealkylation sites (N-methyl/N-ethyl adjacent to an activating group) is 1. The number of Topliss-reactive ketones (excluding diaryl/α,β-unsaturated/α-hetero) is 1. The van der Waals surface area contributed by atoms with E-state index in [-0.39, 0.29) is 24.1 Å². The van der Waals surface area contributed by atoms with Gasteiger partial charge in [-0.2, -0.15) is 0 Å². The van der Waals surface area contributed by atoms with Crippen molar-refractivity contribution in [2.75, 3.05) is 39.5 Å². The van der Waals surface area contributed by atoms with Crippen molar-refractivity contribution in [3.8, 4) is 23.0 Å². The summed E-state index contributed by atoms with van der Waals surface area (Å²) in [4.78, 5) is 15.9. The van der Waals surface area contributed by atoms with Crippen LogP contribution in [0.3, 0.4) is 0 Å². The number of allylic oxidation sites excluding steroid dienone is 1. The van der Waals surface area contributed by atoms with E-state index in [1.54, 1.807) is 23.1 Å². The Morgan fingerprint density at radius 2 is 1.80 bits per heavy atom. The number of hydrogen-bond acceptors (Lipinski definition) is 5. The summed E-state index contributed by atoms with van der Waals surface area (Å²) >= 11 is 0. The van der Waals surface area contributed by atoms with Gasteiger partial charge in [0.05, 0.1) is 17.7 Å². The smallest absolute Gasteiger partial charge is 0.231 e. The Labute approximate surface area is 175 Å². The molecule has 1 fully saturated rings. The first kappa shape index (κ1) is 19.0. The maximum atomic E-state index is 12.9. The quantitative estimate of drug-likeness (QED) is 0.621. The minimum Gasteiger partial charge on any atom is -0.507 e. The Balaban J connectivity index is 1.40. The monoisotopic (exact) mass is 410 g/mol. The maximum Gasteiger partial charge on any atom is 0.231 e. The summed E-state index contributed by atoms with van der Waals surface area (Å²) in [5.74, 6) is 2.11. The van der Waals surface area contributed by atoms with Gasteiger partial charge >= 0.3 is 0 Å². The molecule has 2 aromatic carbocycles. The zero-order chi connectivity index (χ0) is 20.7. The highest BCUT2D eigenvalue weighted by atomic mass is 16.7. The fourth-order valence-corrected chi connectivity index (χ4v) is 4.36. The Bertz CT molecular complexity index is 1020. The summed E-state index contributed by atoms with van der Waals surface area (Å²) in [7, 11) is 0. The van der Waals surface area contributed by atoms with Gasteiger partial charge in [-0.15, -0.1) is 0 Å². The van der Waals surface area contributed by atoms with Crippen molar-refractivity contribution < 1.29 is 33.9 Å². The molecule has 2 aromatic rings. The van der Waals surface area contributed by atoms with Crippen LogP contribution >= 0.6 is 0 Å². The molecule has 3 heterocycles. The number of quaternary nitrogens is 2. The van der Waals surface area contributed by atoms with Gasteiger partial charge in [-0.1, -0.05) is 6.07 Å². The van der Waals surface area contributed by atoms with Crippen molar-refractivity contribution >= 4 is 11.9 Å². The van der Waals surface area contributed by atoms with Crippen LogP contribution in [0.2, 0.25) is 0 Å². The molecule has 5 rings (SSSR count). The van der Waals surface area contributed by atoms with Gasteiger partial charge < -0.3 is 29.1 Å². The lowest BCUT2D eigenvalue weighted by atomic mass is 10.0. The molecule has 30 heavy (non-hydrogen) atoms. The number of rotatable bonds is 4. The van der Waals surface area contributed by atoms with Gasteiger partial charge in [0.2, 0.25) is 12.6 Å².